The first-order valence-electron chi connectivity index (χ1n) is 7.05. The minimum atomic E-state index is -1.23. The molecule has 120 valence electrons. The number of carbonyl (C=O) groups is 2. The number of benzene rings is 1. The van der Waals surface area contributed by atoms with Gasteiger partial charge in [-0.2, -0.15) is 0 Å². The van der Waals surface area contributed by atoms with Crippen molar-refractivity contribution in [3.63, 3.8) is 0 Å². The van der Waals surface area contributed by atoms with Crippen LogP contribution < -0.4 is 10.1 Å². The van der Waals surface area contributed by atoms with Gasteiger partial charge in [0.25, 0.3) is 5.91 Å². The Bertz CT molecular complexity index is 573. The van der Waals surface area contributed by atoms with Gasteiger partial charge < -0.3 is 15.2 Å². The van der Waals surface area contributed by atoms with Crippen molar-refractivity contribution < 1.29 is 23.8 Å². The van der Waals surface area contributed by atoms with Gasteiger partial charge in [0.05, 0.1) is 0 Å². The molecule has 1 amide bonds. The van der Waals surface area contributed by atoms with Crippen LogP contribution >= 0.6 is 15.9 Å². The molecule has 2 N–H and O–H groups in total. The maximum Gasteiger partial charge on any atom is 0.329 e. The summed E-state index contributed by atoms with van der Waals surface area (Å²) in [6.45, 7) is -0.423. The fraction of sp³-hybridized carbons (Fsp3) is 0.467. The molecule has 1 aliphatic carbocycles. The molecule has 0 radical (unpaired) electrons. The van der Waals surface area contributed by atoms with Crippen molar-refractivity contribution in [3.05, 3.63) is 28.5 Å². The van der Waals surface area contributed by atoms with Gasteiger partial charge in [0.1, 0.15) is 5.54 Å². The van der Waals surface area contributed by atoms with Gasteiger partial charge in [-0.25, -0.2) is 9.18 Å². The van der Waals surface area contributed by atoms with Crippen molar-refractivity contribution in [1.29, 1.82) is 0 Å². The van der Waals surface area contributed by atoms with E-state index in [1.165, 1.54) is 12.1 Å². The predicted octanol–water partition coefficient (Wildman–Crippen LogP) is 2.87. The van der Waals surface area contributed by atoms with Crippen LogP contribution in [-0.4, -0.2) is 29.1 Å². The number of carboxylic acid groups (broad SMARTS) is 1. The van der Waals surface area contributed by atoms with E-state index in [0.29, 0.717) is 17.3 Å². The molecule has 1 aromatic rings. The Balaban J connectivity index is 1.95. The number of rotatable bonds is 5. The summed E-state index contributed by atoms with van der Waals surface area (Å²) >= 11 is 3.12. The van der Waals surface area contributed by atoms with Crippen molar-refractivity contribution in [2.45, 2.75) is 37.6 Å². The third-order valence-electron chi connectivity index (χ3n) is 3.75. The summed E-state index contributed by atoms with van der Waals surface area (Å²) in [4.78, 5) is 23.4. The molecular formula is C15H17BrFNO4. The summed E-state index contributed by atoms with van der Waals surface area (Å²) < 4.78 is 19.3. The second-order valence-electron chi connectivity index (χ2n) is 5.36. The zero-order valence-corrected chi connectivity index (χ0v) is 13.5. The van der Waals surface area contributed by atoms with E-state index >= 15 is 0 Å². The van der Waals surface area contributed by atoms with Gasteiger partial charge in [-0.1, -0.05) is 35.2 Å². The van der Waals surface area contributed by atoms with E-state index in [1.807, 2.05) is 0 Å². The van der Waals surface area contributed by atoms with E-state index in [-0.39, 0.29) is 5.75 Å². The summed E-state index contributed by atoms with van der Waals surface area (Å²) in [6.07, 6.45) is 3.29. The van der Waals surface area contributed by atoms with Crippen LogP contribution in [0.2, 0.25) is 0 Å². The van der Waals surface area contributed by atoms with Crippen LogP contribution in [0.3, 0.4) is 0 Å². The number of amides is 1. The summed E-state index contributed by atoms with van der Waals surface area (Å²) in [5.74, 6) is -2.24. The second-order valence-corrected chi connectivity index (χ2v) is 6.28. The topological polar surface area (TPSA) is 75.6 Å². The van der Waals surface area contributed by atoms with Crippen molar-refractivity contribution in [2.75, 3.05) is 6.61 Å². The molecule has 0 bridgehead atoms. The number of hydrogen-bond acceptors (Lipinski definition) is 3. The highest BCUT2D eigenvalue weighted by Crippen LogP contribution is 2.28. The molecular weight excluding hydrogens is 357 g/mol. The van der Waals surface area contributed by atoms with E-state index in [1.54, 1.807) is 6.07 Å². The Hall–Kier alpha value is -1.63. The van der Waals surface area contributed by atoms with Gasteiger partial charge in [-0.15, -0.1) is 0 Å². The zero-order chi connectivity index (χ0) is 16.2. The first kappa shape index (κ1) is 16.7. The predicted molar refractivity (Wildman–Crippen MR) is 81.2 cm³/mol. The van der Waals surface area contributed by atoms with E-state index in [4.69, 9.17) is 4.74 Å². The lowest BCUT2D eigenvalue weighted by atomic mass is 9.81. The average Bonchev–Trinajstić information content (AvgIpc) is 2.47. The van der Waals surface area contributed by atoms with Crippen LogP contribution in [0, 0.1) is 5.82 Å². The lowest BCUT2D eigenvalue weighted by molar-refractivity contribution is -0.149. The molecule has 0 aromatic heterocycles. The number of ether oxygens (including phenoxy) is 1. The van der Waals surface area contributed by atoms with Crippen LogP contribution in [-0.2, 0) is 9.59 Å². The second kappa shape index (κ2) is 7.09. The van der Waals surface area contributed by atoms with E-state index in [0.717, 1.165) is 19.3 Å². The van der Waals surface area contributed by atoms with Gasteiger partial charge in [0.2, 0.25) is 0 Å². The largest absolute Gasteiger partial charge is 0.481 e. The quantitative estimate of drug-likeness (QED) is 0.831. The lowest BCUT2D eigenvalue weighted by Crippen LogP contribution is -2.56. The van der Waals surface area contributed by atoms with Gasteiger partial charge in [0.15, 0.2) is 18.2 Å². The van der Waals surface area contributed by atoms with Crippen molar-refractivity contribution >= 4 is 27.8 Å². The molecule has 1 aromatic carbocycles. The maximum atomic E-state index is 13.6. The molecule has 22 heavy (non-hydrogen) atoms. The molecule has 0 spiro atoms. The third kappa shape index (κ3) is 3.97. The van der Waals surface area contributed by atoms with Crippen LogP contribution in [0.5, 0.6) is 5.75 Å². The molecule has 0 saturated heterocycles. The van der Waals surface area contributed by atoms with Gasteiger partial charge in [-0.3, -0.25) is 4.79 Å². The van der Waals surface area contributed by atoms with Gasteiger partial charge >= 0.3 is 5.97 Å². The van der Waals surface area contributed by atoms with Gasteiger partial charge in [-0.05, 0) is 31.0 Å². The highest BCUT2D eigenvalue weighted by atomic mass is 79.9. The van der Waals surface area contributed by atoms with Gasteiger partial charge in [0, 0.05) is 4.47 Å². The molecule has 5 nitrogen and oxygen atoms in total. The molecule has 1 saturated carbocycles. The Labute approximate surface area is 136 Å². The summed E-state index contributed by atoms with van der Waals surface area (Å²) in [5, 5.41) is 11.9. The summed E-state index contributed by atoms with van der Waals surface area (Å²) in [6, 6.07) is 4.23. The molecule has 0 aliphatic heterocycles. The van der Waals surface area contributed by atoms with Crippen LogP contribution in [0.25, 0.3) is 0 Å². The highest BCUT2D eigenvalue weighted by Gasteiger charge is 2.40. The third-order valence-corrected chi connectivity index (χ3v) is 4.24. The van der Waals surface area contributed by atoms with Crippen LogP contribution in [0.4, 0.5) is 4.39 Å². The first-order chi connectivity index (χ1) is 10.4. The maximum absolute atomic E-state index is 13.6. The van der Waals surface area contributed by atoms with E-state index < -0.39 is 29.8 Å². The van der Waals surface area contributed by atoms with Crippen LogP contribution in [0.15, 0.2) is 22.7 Å². The summed E-state index contributed by atoms with van der Waals surface area (Å²) in [5.41, 5.74) is -1.23. The van der Waals surface area contributed by atoms with Crippen LogP contribution in [0.1, 0.15) is 32.1 Å². The minimum Gasteiger partial charge on any atom is -0.481 e. The minimum absolute atomic E-state index is 0.0497. The monoisotopic (exact) mass is 373 g/mol. The first-order valence-corrected chi connectivity index (χ1v) is 7.84. The van der Waals surface area contributed by atoms with E-state index in [9.17, 15) is 19.1 Å². The molecule has 7 heteroatoms. The summed E-state index contributed by atoms with van der Waals surface area (Å²) in [7, 11) is 0. The normalized spacial score (nSPS) is 16.8. The molecule has 0 heterocycles. The van der Waals surface area contributed by atoms with Crippen molar-refractivity contribution in [2.24, 2.45) is 0 Å². The fourth-order valence-corrected chi connectivity index (χ4v) is 2.92. The molecule has 2 rings (SSSR count). The van der Waals surface area contributed by atoms with Crippen molar-refractivity contribution in [1.82, 2.24) is 5.32 Å². The van der Waals surface area contributed by atoms with Crippen molar-refractivity contribution in [3.8, 4) is 5.75 Å². The SMILES string of the molecule is O=C(COc1ccc(Br)cc1F)NC1(C(=O)O)CCCCC1. The molecule has 0 unspecified atom stereocenters. The Kier molecular flexibility index (Phi) is 5.39. The Morgan fingerprint density at radius 2 is 2.00 bits per heavy atom. The average molecular weight is 374 g/mol. The molecule has 1 fully saturated rings. The smallest absolute Gasteiger partial charge is 0.329 e. The lowest BCUT2D eigenvalue weighted by Gasteiger charge is -2.33. The molecule has 0 atom stereocenters. The zero-order valence-electron chi connectivity index (χ0n) is 11.9. The number of halogens is 2. The number of carbonyl (C=O) groups excluding carboxylic acids is 1. The standard InChI is InChI=1S/C15H17BrFNO4/c16-10-4-5-12(11(17)8-10)22-9-13(19)18-15(14(20)21)6-2-1-3-7-15/h4-5,8H,1-3,6-7,9H2,(H,18,19)(H,20,21). The highest BCUT2D eigenvalue weighted by molar-refractivity contribution is 9.10. The number of nitrogens with one attached hydrogen (secondary N) is 1. The number of aliphatic carboxylic acids is 1. The Morgan fingerprint density at radius 3 is 2.59 bits per heavy atom. The fourth-order valence-electron chi connectivity index (χ4n) is 2.59. The number of carboxylic acids is 1. The molecule has 1 aliphatic rings. The number of hydrogen-bond donors (Lipinski definition) is 2. The van der Waals surface area contributed by atoms with E-state index in [2.05, 4.69) is 21.2 Å². The Morgan fingerprint density at radius 1 is 1.32 bits per heavy atom.